The van der Waals surface area contributed by atoms with Crippen molar-refractivity contribution in [2.45, 2.75) is 0 Å². The maximum atomic E-state index is 11.8. The van der Waals surface area contributed by atoms with Crippen LogP contribution in [0.4, 0.5) is 9.18 Å². The van der Waals surface area contributed by atoms with Crippen molar-refractivity contribution in [1.29, 1.82) is 0 Å². The van der Waals surface area contributed by atoms with E-state index < -0.39 is 24.7 Å². The summed E-state index contributed by atoms with van der Waals surface area (Å²) in [5.74, 6) is -2.55. The number of hydrogen-bond acceptors (Lipinski definition) is 4. The Morgan fingerprint density at radius 2 is 2.00 bits per heavy atom. The fourth-order valence-corrected chi connectivity index (χ4v) is 0.219. The predicted octanol–water partition coefficient (Wildman–Crippen LogP) is 0.0656. The molecule has 11 heavy (non-hydrogen) atoms. The Bertz CT molecular complexity index is 191. The van der Waals surface area contributed by atoms with Gasteiger partial charge >= 0.3 is 12.1 Å². The van der Waals surface area contributed by atoms with Crippen LogP contribution >= 0.6 is 0 Å². The fraction of sp³-hybridized carbons (Fsp3) is 0.200. The third-order valence-corrected chi connectivity index (χ3v) is 0.613. The second-order valence-electron chi connectivity index (χ2n) is 1.42. The molecule has 0 aliphatic heterocycles. The van der Waals surface area contributed by atoms with Gasteiger partial charge in [0, 0.05) is 0 Å². The highest BCUT2D eigenvalue weighted by molar-refractivity contribution is 5.85. The third kappa shape index (κ3) is 4.89. The highest BCUT2D eigenvalue weighted by Gasteiger charge is 2.06. The number of primary amides is 1. The van der Waals surface area contributed by atoms with Crippen LogP contribution in [0.15, 0.2) is 12.4 Å². The van der Waals surface area contributed by atoms with Crippen LogP contribution in [0.1, 0.15) is 0 Å². The monoisotopic (exact) mass is 163 g/mol. The smallest absolute Gasteiger partial charge is 0.407 e. The first-order valence-electron chi connectivity index (χ1n) is 2.48. The van der Waals surface area contributed by atoms with E-state index in [-0.39, 0.29) is 0 Å². The van der Waals surface area contributed by atoms with Gasteiger partial charge in [0.2, 0.25) is 12.6 Å². The minimum atomic E-state index is -1.29. The summed E-state index contributed by atoms with van der Waals surface area (Å²) in [4.78, 5) is 20.0. The standard InChI is InChI=1S/C5H6FNO4/c1-3(6)4(8)10-2-11-5(7)9/h1-2H2,(H2,7,9). The number of rotatable bonds is 3. The first-order chi connectivity index (χ1) is 5.04. The van der Waals surface area contributed by atoms with Crippen LogP contribution in [0.2, 0.25) is 0 Å². The molecule has 0 fully saturated rings. The molecule has 0 aromatic carbocycles. The molecule has 0 radical (unpaired) electrons. The van der Waals surface area contributed by atoms with Crippen molar-refractivity contribution >= 4 is 12.1 Å². The normalized spacial score (nSPS) is 8.45. The number of nitrogens with two attached hydrogens (primary N) is 1. The summed E-state index contributed by atoms with van der Waals surface area (Å²) in [5, 5.41) is 0. The lowest BCUT2D eigenvalue weighted by atomic mass is 10.6. The number of carbonyl (C=O) groups is 2. The van der Waals surface area contributed by atoms with Gasteiger partial charge in [-0.05, 0) is 0 Å². The van der Waals surface area contributed by atoms with E-state index in [2.05, 4.69) is 21.8 Å². The molecule has 2 N–H and O–H groups in total. The van der Waals surface area contributed by atoms with E-state index in [4.69, 9.17) is 0 Å². The van der Waals surface area contributed by atoms with Gasteiger partial charge in [-0.3, -0.25) is 0 Å². The number of ether oxygens (including phenoxy) is 2. The first kappa shape index (κ1) is 9.41. The number of carbonyl (C=O) groups excluding carboxylic acids is 2. The van der Waals surface area contributed by atoms with Gasteiger partial charge in [0.05, 0.1) is 0 Å². The topological polar surface area (TPSA) is 78.6 Å². The zero-order valence-electron chi connectivity index (χ0n) is 5.50. The maximum absolute atomic E-state index is 11.8. The van der Waals surface area contributed by atoms with Gasteiger partial charge in [-0.15, -0.1) is 0 Å². The van der Waals surface area contributed by atoms with Gasteiger partial charge in [-0.1, -0.05) is 6.58 Å². The summed E-state index contributed by atoms with van der Waals surface area (Å²) in [6.45, 7) is 1.93. The molecule has 1 amide bonds. The molecular weight excluding hydrogens is 157 g/mol. The summed E-state index contributed by atoms with van der Waals surface area (Å²) in [6.07, 6.45) is -1.11. The Morgan fingerprint density at radius 3 is 2.36 bits per heavy atom. The summed E-state index contributed by atoms with van der Waals surface area (Å²) in [7, 11) is 0. The second-order valence-corrected chi connectivity index (χ2v) is 1.42. The van der Waals surface area contributed by atoms with Gasteiger partial charge < -0.3 is 15.2 Å². The van der Waals surface area contributed by atoms with Crippen LogP contribution < -0.4 is 5.73 Å². The van der Waals surface area contributed by atoms with E-state index in [1.165, 1.54) is 0 Å². The van der Waals surface area contributed by atoms with Gasteiger partial charge in [-0.25, -0.2) is 9.59 Å². The average molecular weight is 163 g/mol. The molecular formula is C5H6FNO4. The minimum Gasteiger partial charge on any atom is -0.423 e. The van der Waals surface area contributed by atoms with Crippen molar-refractivity contribution in [2.24, 2.45) is 5.73 Å². The quantitative estimate of drug-likeness (QED) is 0.362. The molecule has 62 valence electrons. The summed E-state index contributed by atoms with van der Waals surface area (Å²) < 4.78 is 19.7. The molecule has 0 bridgehead atoms. The van der Waals surface area contributed by atoms with E-state index in [0.29, 0.717) is 0 Å². The van der Waals surface area contributed by atoms with E-state index in [0.717, 1.165) is 0 Å². The molecule has 0 spiro atoms. The van der Waals surface area contributed by atoms with Crippen molar-refractivity contribution in [3.8, 4) is 0 Å². The number of amides is 1. The van der Waals surface area contributed by atoms with Crippen molar-refractivity contribution in [1.82, 2.24) is 0 Å². The SMILES string of the molecule is C=C(F)C(=O)OCOC(N)=O. The molecule has 0 unspecified atom stereocenters. The molecule has 0 heterocycles. The van der Waals surface area contributed by atoms with E-state index in [9.17, 15) is 14.0 Å². The van der Waals surface area contributed by atoms with Crippen molar-refractivity contribution in [2.75, 3.05) is 6.79 Å². The number of hydrogen-bond donors (Lipinski definition) is 1. The largest absolute Gasteiger partial charge is 0.423 e. The van der Waals surface area contributed by atoms with Crippen LogP contribution in [-0.4, -0.2) is 18.9 Å². The van der Waals surface area contributed by atoms with Crippen molar-refractivity contribution in [3.63, 3.8) is 0 Å². The summed E-state index contributed by atoms with van der Waals surface area (Å²) in [5.41, 5.74) is 4.49. The maximum Gasteiger partial charge on any atom is 0.407 e. The fourth-order valence-electron chi connectivity index (χ4n) is 0.219. The molecule has 0 aromatic rings. The van der Waals surface area contributed by atoms with Crippen molar-refractivity contribution < 1.29 is 23.5 Å². The highest BCUT2D eigenvalue weighted by Crippen LogP contribution is 1.94. The molecule has 0 saturated heterocycles. The Balaban J connectivity index is 3.47. The van der Waals surface area contributed by atoms with Crippen LogP contribution in [0.25, 0.3) is 0 Å². The second kappa shape index (κ2) is 4.26. The predicted molar refractivity (Wildman–Crippen MR) is 31.9 cm³/mol. The minimum absolute atomic E-state index is 0.711. The lowest BCUT2D eigenvalue weighted by Crippen LogP contribution is -2.17. The number of halogens is 1. The summed E-state index contributed by atoms with van der Waals surface area (Å²) in [6, 6.07) is 0. The van der Waals surface area contributed by atoms with Crippen LogP contribution in [0.3, 0.4) is 0 Å². The molecule has 0 saturated carbocycles. The highest BCUT2D eigenvalue weighted by atomic mass is 19.1. The van der Waals surface area contributed by atoms with Crippen molar-refractivity contribution in [3.05, 3.63) is 12.4 Å². The van der Waals surface area contributed by atoms with E-state index in [1.54, 1.807) is 0 Å². The lowest BCUT2D eigenvalue weighted by molar-refractivity contribution is -0.148. The van der Waals surface area contributed by atoms with Crippen LogP contribution in [0, 0.1) is 0 Å². The molecule has 0 rings (SSSR count). The number of esters is 1. The first-order valence-corrected chi connectivity index (χ1v) is 2.48. The Labute approximate surface area is 61.6 Å². The Kier molecular flexibility index (Phi) is 3.65. The van der Waals surface area contributed by atoms with Gasteiger partial charge in [0.15, 0.2) is 0 Å². The van der Waals surface area contributed by atoms with Crippen LogP contribution in [-0.2, 0) is 14.3 Å². The molecule has 0 aliphatic rings. The zero-order valence-corrected chi connectivity index (χ0v) is 5.50. The Hall–Kier alpha value is -1.59. The lowest BCUT2D eigenvalue weighted by Gasteiger charge is -2.00. The van der Waals surface area contributed by atoms with Gasteiger partial charge in [-0.2, -0.15) is 4.39 Å². The average Bonchev–Trinajstić information content (AvgIpc) is 1.86. The third-order valence-electron chi connectivity index (χ3n) is 0.613. The molecule has 0 aromatic heterocycles. The van der Waals surface area contributed by atoms with E-state index in [1.807, 2.05) is 0 Å². The molecule has 0 aliphatic carbocycles. The molecule has 0 atom stereocenters. The van der Waals surface area contributed by atoms with Gasteiger partial charge in [0.1, 0.15) is 0 Å². The summed E-state index contributed by atoms with van der Waals surface area (Å²) >= 11 is 0. The molecule has 5 nitrogen and oxygen atoms in total. The van der Waals surface area contributed by atoms with Crippen LogP contribution in [0.5, 0.6) is 0 Å². The molecule has 6 heteroatoms. The zero-order chi connectivity index (χ0) is 8.85. The van der Waals surface area contributed by atoms with Gasteiger partial charge in [0.25, 0.3) is 0 Å². The van der Waals surface area contributed by atoms with E-state index >= 15 is 0 Å². The Morgan fingerprint density at radius 1 is 1.45 bits per heavy atom.